The van der Waals surface area contributed by atoms with E-state index in [-0.39, 0.29) is 29.8 Å². The minimum atomic E-state index is -3.72. The molecule has 210 valence electrons. The average Bonchev–Trinajstić information content (AvgIpc) is 3.70. The second kappa shape index (κ2) is 10.8. The predicted molar refractivity (Wildman–Crippen MR) is 149 cm³/mol. The molecule has 4 aromatic rings. The summed E-state index contributed by atoms with van der Waals surface area (Å²) < 4.78 is 57.5. The molecular weight excluding hydrogens is 539 g/mol. The summed E-state index contributed by atoms with van der Waals surface area (Å²) in [7, 11) is -2.28. The summed E-state index contributed by atoms with van der Waals surface area (Å²) in [6.45, 7) is 1.41. The molecule has 9 nitrogen and oxygen atoms in total. The van der Waals surface area contributed by atoms with E-state index in [0.717, 1.165) is 24.7 Å². The Bertz CT molecular complexity index is 1640. The molecule has 1 aliphatic rings. The van der Waals surface area contributed by atoms with Gasteiger partial charge in [-0.3, -0.25) is 4.31 Å². The van der Waals surface area contributed by atoms with Gasteiger partial charge in [0, 0.05) is 18.7 Å². The van der Waals surface area contributed by atoms with Crippen LogP contribution in [0.3, 0.4) is 0 Å². The zero-order chi connectivity index (χ0) is 28.6. The normalized spacial score (nSPS) is 14.1. The Kier molecular flexibility index (Phi) is 7.43. The maximum atomic E-state index is 13.2. The van der Waals surface area contributed by atoms with Gasteiger partial charge in [0.2, 0.25) is 10.0 Å². The molecule has 11 heteroatoms. The Morgan fingerprint density at radius 3 is 2.30 bits per heavy atom. The number of hydrogen-bond donors (Lipinski definition) is 2. The smallest absolute Gasteiger partial charge is 0.412 e. The number of carbonyl (C=O) groups is 1. The van der Waals surface area contributed by atoms with Gasteiger partial charge in [-0.15, -0.1) is 0 Å². The molecule has 1 saturated carbocycles. The third-order valence-corrected chi connectivity index (χ3v) is 7.62. The molecule has 0 spiro atoms. The Morgan fingerprint density at radius 2 is 1.75 bits per heavy atom. The molecule has 1 aliphatic carbocycles. The van der Waals surface area contributed by atoms with Gasteiger partial charge in [-0.1, -0.05) is 0 Å². The number of sulfonamides is 1. The first-order valence-electron chi connectivity index (χ1n) is 12.7. The monoisotopic (exact) mass is 568 g/mol. The van der Waals surface area contributed by atoms with Gasteiger partial charge in [0.25, 0.3) is 0 Å². The highest BCUT2D eigenvalue weighted by molar-refractivity contribution is 7.92. The number of rotatable bonds is 9. The summed E-state index contributed by atoms with van der Waals surface area (Å²) in [5.74, 6) is 1.19. The maximum absolute atomic E-state index is 13.2. The fraction of sp³-hybridized carbons (Fsp3) is 0.276. The lowest BCUT2D eigenvalue weighted by Crippen LogP contribution is -2.36. The zero-order valence-corrected chi connectivity index (χ0v) is 23.0. The number of amides is 1. The van der Waals surface area contributed by atoms with Crippen LogP contribution in [0.5, 0.6) is 17.2 Å². The molecule has 2 N–H and O–H groups in total. The molecule has 0 radical (unpaired) electrons. The summed E-state index contributed by atoms with van der Waals surface area (Å²) in [4.78, 5) is 12.3. The van der Waals surface area contributed by atoms with Crippen molar-refractivity contribution in [2.24, 2.45) is 0 Å². The second-order valence-electron chi connectivity index (χ2n) is 9.80. The average molecular weight is 569 g/mol. The molecule has 1 aromatic heterocycles. The molecule has 0 saturated heterocycles. The number of fused-ring (bicyclic) bond motifs is 1. The number of benzene rings is 3. The van der Waals surface area contributed by atoms with Crippen molar-refractivity contribution >= 4 is 32.8 Å². The molecule has 1 atom stereocenters. The van der Waals surface area contributed by atoms with Gasteiger partial charge >= 0.3 is 6.09 Å². The lowest BCUT2D eigenvalue weighted by Gasteiger charge is -2.26. The summed E-state index contributed by atoms with van der Waals surface area (Å²) in [6.07, 6.45) is 1.28. The molecule has 1 heterocycles. The third kappa shape index (κ3) is 5.90. The highest BCUT2D eigenvalue weighted by Gasteiger charge is 2.33. The maximum Gasteiger partial charge on any atom is 0.412 e. The highest BCUT2D eigenvalue weighted by Crippen LogP contribution is 2.49. The van der Waals surface area contributed by atoms with Crippen LogP contribution in [0, 0.1) is 5.82 Å². The van der Waals surface area contributed by atoms with Gasteiger partial charge in [-0.25, -0.2) is 17.6 Å². The van der Waals surface area contributed by atoms with Crippen molar-refractivity contribution in [2.45, 2.75) is 31.8 Å². The number of furan rings is 1. The van der Waals surface area contributed by atoms with E-state index in [1.54, 1.807) is 36.4 Å². The van der Waals surface area contributed by atoms with E-state index in [4.69, 9.17) is 13.9 Å². The number of aliphatic hydroxyl groups is 1. The highest BCUT2D eigenvalue weighted by atomic mass is 32.2. The molecule has 0 aliphatic heterocycles. The molecular formula is C29H29FN2O7S. The van der Waals surface area contributed by atoms with Gasteiger partial charge in [0.1, 0.15) is 22.9 Å². The van der Waals surface area contributed by atoms with Crippen LogP contribution < -0.4 is 19.1 Å². The first-order valence-corrected chi connectivity index (χ1v) is 14.6. The fourth-order valence-electron chi connectivity index (χ4n) is 4.46. The largest absolute Gasteiger partial charge is 0.457 e. The number of hydrogen-bond acceptors (Lipinski definition) is 7. The topological polar surface area (TPSA) is 118 Å². The van der Waals surface area contributed by atoms with E-state index in [2.05, 4.69) is 5.32 Å². The molecule has 1 amide bonds. The lowest BCUT2D eigenvalue weighted by atomic mass is 10.0. The first kappa shape index (κ1) is 27.5. The Labute approximate surface area is 231 Å². The van der Waals surface area contributed by atoms with Crippen molar-refractivity contribution in [3.8, 4) is 28.6 Å². The Morgan fingerprint density at radius 1 is 1.12 bits per heavy atom. The van der Waals surface area contributed by atoms with Crippen LogP contribution in [0.15, 0.2) is 65.1 Å². The van der Waals surface area contributed by atoms with Crippen LogP contribution >= 0.6 is 0 Å². The standard InChI is InChI=1S/C29H29FN2O7S/c1-17(33)16-32(40(3,35)36)25-15-26-24(14-23(25)18-4-5-18)28(39-29(34)31-2)27(38-26)19-6-10-21(11-7-19)37-22-12-8-20(30)9-13-22/h6-15,17-18,33H,4-5,16H2,1-3H3,(H,31,34). The van der Waals surface area contributed by atoms with Crippen LogP contribution in [0.25, 0.3) is 22.3 Å². The van der Waals surface area contributed by atoms with Gasteiger partial charge < -0.3 is 24.3 Å². The summed E-state index contributed by atoms with van der Waals surface area (Å²) in [6, 6.07) is 15.9. The van der Waals surface area contributed by atoms with E-state index >= 15 is 0 Å². The number of carbonyl (C=O) groups excluding carboxylic acids is 1. The molecule has 0 bridgehead atoms. The van der Waals surface area contributed by atoms with Crippen molar-refractivity contribution < 1.29 is 36.6 Å². The second-order valence-corrected chi connectivity index (χ2v) is 11.7. The molecule has 1 fully saturated rings. The van der Waals surface area contributed by atoms with Crippen LogP contribution in [0.4, 0.5) is 14.9 Å². The first-order chi connectivity index (χ1) is 19.0. The minimum Gasteiger partial charge on any atom is -0.457 e. The third-order valence-electron chi connectivity index (χ3n) is 6.47. The van der Waals surface area contributed by atoms with Crippen LogP contribution in [0.2, 0.25) is 0 Å². The number of ether oxygens (including phenoxy) is 2. The van der Waals surface area contributed by atoms with E-state index in [9.17, 15) is 22.7 Å². The van der Waals surface area contributed by atoms with Crippen molar-refractivity contribution in [3.63, 3.8) is 0 Å². The fourth-order valence-corrected chi connectivity index (χ4v) is 5.47. The minimum absolute atomic E-state index is 0.116. The SMILES string of the molecule is CNC(=O)Oc1c(-c2ccc(Oc3ccc(F)cc3)cc2)oc2cc(N(CC(C)O)S(C)(=O)=O)c(C3CC3)cc12. The van der Waals surface area contributed by atoms with E-state index in [1.165, 1.54) is 42.5 Å². The number of halogens is 1. The van der Waals surface area contributed by atoms with Crippen molar-refractivity contribution in [1.29, 1.82) is 0 Å². The van der Waals surface area contributed by atoms with Crippen LogP contribution in [0.1, 0.15) is 31.2 Å². The number of nitrogens with zero attached hydrogens (tertiary/aromatic N) is 1. The summed E-state index contributed by atoms with van der Waals surface area (Å²) in [5.41, 5.74) is 2.10. The van der Waals surface area contributed by atoms with Crippen LogP contribution in [-0.4, -0.2) is 45.6 Å². The molecule has 5 rings (SSSR count). The summed E-state index contributed by atoms with van der Waals surface area (Å²) in [5, 5.41) is 13.0. The van der Waals surface area contributed by atoms with Gasteiger partial charge in [-0.05, 0) is 85.8 Å². The van der Waals surface area contributed by atoms with Crippen molar-refractivity contribution in [1.82, 2.24) is 5.32 Å². The molecule has 1 unspecified atom stereocenters. The van der Waals surface area contributed by atoms with E-state index < -0.39 is 22.2 Å². The zero-order valence-electron chi connectivity index (χ0n) is 22.2. The van der Waals surface area contributed by atoms with Gasteiger partial charge in [-0.2, -0.15) is 0 Å². The van der Waals surface area contributed by atoms with Crippen LogP contribution in [-0.2, 0) is 10.0 Å². The number of aliphatic hydroxyl groups excluding tert-OH is 1. The van der Waals surface area contributed by atoms with Gasteiger partial charge in [0.15, 0.2) is 11.5 Å². The Balaban J connectivity index is 1.60. The van der Waals surface area contributed by atoms with E-state index in [0.29, 0.717) is 33.7 Å². The summed E-state index contributed by atoms with van der Waals surface area (Å²) >= 11 is 0. The lowest BCUT2D eigenvalue weighted by molar-refractivity contribution is 0.203. The number of nitrogens with one attached hydrogen (secondary N) is 1. The molecule has 40 heavy (non-hydrogen) atoms. The van der Waals surface area contributed by atoms with Crippen molar-refractivity contribution in [2.75, 3.05) is 24.2 Å². The van der Waals surface area contributed by atoms with Crippen molar-refractivity contribution in [3.05, 3.63) is 72.0 Å². The quantitative estimate of drug-likeness (QED) is 0.263. The Hall–Kier alpha value is -4.09. The van der Waals surface area contributed by atoms with E-state index in [1.807, 2.05) is 0 Å². The predicted octanol–water partition coefficient (Wildman–Crippen LogP) is 5.77. The van der Waals surface area contributed by atoms with Gasteiger partial charge in [0.05, 0.1) is 30.0 Å². The number of anilines is 1. The molecule has 3 aromatic carbocycles.